The Balaban J connectivity index is 2.05. The molecular formula is C15H22O4. The maximum atomic E-state index is 12.0. The molecule has 2 rings (SSSR count). The lowest BCUT2D eigenvalue weighted by atomic mass is 9.86. The van der Waals surface area contributed by atoms with E-state index in [9.17, 15) is 9.59 Å². The third-order valence-electron chi connectivity index (χ3n) is 4.61. The van der Waals surface area contributed by atoms with E-state index in [0.717, 1.165) is 12.8 Å². The van der Waals surface area contributed by atoms with Crippen LogP contribution in [0.3, 0.4) is 0 Å². The first-order chi connectivity index (χ1) is 8.95. The van der Waals surface area contributed by atoms with Gasteiger partial charge in [0.15, 0.2) is 0 Å². The van der Waals surface area contributed by atoms with Gasteiger partial charge in [-0.2, -0.15) is 0 Å². The van der Waals surface area contributed by atoms with Crippen molar-refractivity contribution in [1.29, 1.82) is 0 Å². The van der Waals surface area contributed by atoms with Crippen LogP contribution in [0.15, 0.2) is 12.2 Å². The Bertz CT molecular complexity index is 388. The van der Waals surface area contributed by atoms with Crippen LogP contribution in [0.25, 0.3) is 0 Å². The molecule has 0 N–H and O–H groups in total. The molecule has 4 heteroatoms. The van der Waals surface area contributed by atoms with E-state index in [2.05, 4.69) is 13.5 Å². The number of carbonyl (C=O) groups is 2. The Morgan fingerprint density at radius 1 is 1.32 bits per heavy atom. The largest absolute Gasteiger partial charge is 0.460 e. The molecule has 0 aromatic heterocycles. The summed E-state index contributed by atoms with van der Waals surface area (Å²) in [6.45, 7) is 10.2. The van der Waals surface area contributed by atoms with Crippen LogP contribution in [0.1, 0.15) is 33.6 Å². The molecule has 0 aromatic carbocycles. The van der Waals surface area contributed by atoms with Gasteiger partial charge in [-0.15, -0.1) is 0 Å². The lowest BCUT2D eigenvalue weighted by molar-refractivity contribution is -0.164. The molecule has 5 atom stereocenters. The number of esters is 1. The lowest BCUT2D eigenvalue weighted by Gasteiger charge is -2.32. The summed E-state index contributed by atoms with van der Waals surface area (Å²) in [6, 6.07) is 0. The maximum Gasteiger partial charge on any atom is 0.334 e. The Hall–Kier alpha value is -1.32. The van der Waals surface area contributed by atoms with Gasteiger partial charge in [0, 0.05) is 17.4 Å². The van der Waals surface area contributed by atoms with E-state index in [1.807, 2.05) is 13.8 Å². The summed E-state index contributed by atoms with van der Waals surface area (Å²) in [5, 5.41) is 0. The van der Waals surface area contributed by atoms with E-state index >= 15 is 0 Å². The highest BCUT2D eigenvalue weighted by Gasteiger charge is 2.54. The van der Waals surface area contributed by atoms with Crippen molar-refractivity contribution in [1.82, 2.24) is 0 Å². The van der Waals surface area contributed by atoms with Crippen LogP contribution < -0.4 is 0 Å². The van der Waals surface area contributed by atoms with Crippen LogP contribution in [-0.2, 0) is 19.1 Å². The second kappa shape index (κ2) is 5.35. The molecule has 106 valence electrons. The topological polar surface area (TPSA) is 52.6 Å². The summed E-state index contributed by atoms with van der Waals surface area (Å²) in [5.41, 5.74) is 0.473. The minimum atomic E-state index is -0.361. The van der Waals surface area contributed by atoms with E-state index < -0.39 is 0 Å². The van der Waals surface area contributed by atoms with Gasteiger partial charge in [0.05, 0.1) is 0 Å². The highest BCUT2D eigenvalue weighted by Crippen LogP contribution is 2.50. The number of hydrogen-bond donors (Lipinski definition) is 0. The molecule has 0 heterocycles. The molecule has 2 fully saturated rings. The standard InChI is InChI=1S/C15H22O4/c1-8(2)10(4)15(17)19-13-11-5-9(3)12(6-11)14(13)18-7-16/h7-9,11-14H,4-6H2,1-3H3. The van der Waals surface area contributed by atoms with Gasteiger partial charge in [-0.3, -0.25) is 4.79 Å². The second-order valence-electron chi connectivity index (χ2n) is 6.12. The Labute approximate surface area is 114 Å². The van der Waals surface area contributed by atoms with Crippen molar-refractivity contribution >= 4 is 12.4 Å². The third-order valence-corrected chi connectivity index (χ3v) is 4.61. The Morgan fingerprint density at radius 2 is 2.00 bits per heavy atom. The molecule has 19 heavy (non-hydrogen) atoms. The fourth-order valence-electron chi connectivity index (χ4n) is 3.41. The minimum absolute atomic E-state index is 0.0652. The van der Waals surface area contributed by atoms with Crippen molar-refractivity contribution in [2.24, 2.45) is 23.7 Å². The molecular weight excluding hydrogens is 244 g/mol. The zero-order valence-corrected chi connectivity index (χ0v) is 11.8. The van der Waals surface area contributed by atoms with Crippen molar-refractivity contribution in [2.45, 2.75) is 45.8 Å². The molecule has 0 saturated heterocycles. The van der Waals surface area contributed by atoms with Crippen LogP contribution in [0.5, 0.6) is 0 Å². The van der Waals surface area contributed by atoms with Crippen molar-refractivity contribution in [2.75, 3.05) is 0 Å². The maximum absolute atomic E-state index is 12.0. The molecule has 0 radical (unpaired) electrons. The quantitative estimate of drug-likeness (QED) is 0.435. The molecule has 4 nitrogen and oxygen atoms in total. The van der Waals surface area contributed by atoms with Crippen molar-refractivity contribution in [3.05, 3.63) is 12.2 Å². The molecule has 0 aromatic rings. The number of hydrogen-bond acceptors (Lipinski definition) is 4. The van der Waals surface area contributed by atoms with E-state index in [1.165, 1.54) is 0 Å². The van der Waals surface area contributed by atoms with E-state index in [0.29, 0.717) is 29.8 Å². The summed E-state index contributed by atoms with van der Waals surface area (Å²) in [4.78, 5) is 22.6. The zero-order chi connectivity index (χ0) is 14.2. The summed E-state index contributed by atoms with van der Waals surface area (Å²) >= 11 is 0. The first-order valence-electron chi connectivity index (χ1n) is 6.94. The van der Waals surface area contributed by atoms with Crippen molar-refractivity contribution in [3.63, 3.8) is 0 Å². The molecule has 0 spiro atoms. The third kappa shape index (κ3) is 2.53. The normalized spacial score (nSPS) is 36.3. The molecule has 2 aliphatic rings. The lowest BCUT2D eigenvalue weighted by Crippen LogP contribution is -2.41. The van der Waals surface area contributed by atoms with Gasteiger partial charge in [-0.1, -0.05) is 27.4 Å². The number of fused-ring (bicyclic) bond motifs is 2. The average molecular weight is 266 g/mol. The average Bonchev–Trinajstić information content (AvgIpc) is 2.87. The smallest absolute Gasteiger partial charge is 0.334 e. The van der Waals surface area contributed by atoms with E-state index in [-0.39, 0.29) is 24.1 Å². The number of ether oxygens (including phenoxy) is 2. The molecule has 2 saturated carbocycles. The predicted molar refractivity (Wildman–Crippen MR) is 70.2 cm³/mol. The number of rotatable bonds is 5. The first-order valence-corrected chi connectivity index (χ1v) is 6.94. The highest BCUT2D eigenvalue weighted by molar-refractivity contribution is 5.88. The molecule has 2 aliphatic carbocycles. The van der Waals surface area contributed by atoms with Crippen LogP contribution in [0, 0.1) is 23.7 Å². The predicted octanol–water partition coefficient (Wildman–Crippen LogP) is 2.33. The van der Waals surface area contributed by atoms with E-state index in [1.54, 1.807) is 0 Å². The van der Waals surface area contributed by atoms with Crippen molar-refractivity contribution in [3.8, 4) is 0 Å². The Morgan fingerprint density at radius 3 is 2.58 bits per heavy atom. The number of carbonyl (C=O) groups excluding carboxylic acids is 2. The molecule has 0 aliphatic heterocycles. The molecule has 2 bridgehead atoms. The fraction of sp³-hybridized carbons (Fsp3) is 0.733. The van der Waals surface area contributed by atoms with Crippen LogP contribution in [0.4, 0.5) is 0 Å². The summed E-state index contributed by atoms with van der Waals surface area (Å²) < 4.78 is 10.7. The summed E-state index contributed by atoms with van der Waals surface area (Å²) in [6.07, 6.45) is 1.44. The van der Waals surface area contributed by atoms with E-state index in [4.69, 9.17) is 9.47 Å². The van der Waals surface area contributed by atoms with Gasteiger partial charge in [0.25, 0.3) is 6.47 Å². The first kappa shape index (κ1) is 14.1. The zero-order valence-electron chi connectivity index (χ0n) is 11.8. The van der Waals surface area contributed by atoms with Gasteiger partial charge in [0.1, 0.15) is 12.2 Å². The van der Waals surface area contributed by atoms with Crippen LogP contribution >= 0.6 is 0 Å². The Kier molecular flexibility index (Phi) is 3.97. The second-order valence-corrected chi connectivity index (χ2v) is 6.12. The van der Waals surface area contributed by atoms with Gasteiger partial charge in [0.2, 0.25) is 0 Å². The summed E-state index contributed by atoms with van der Waals surface area (Å²) in [7, 11) is 0. The van der Waals surface area contributed by atoms with Crippen LogP contribution in [-0.4, -0.2) is 24.6 Å². The van der Waals surface area contributed by atoms with Crippen LogP contribution in [0.2, 0.25) is 0 Å². The summed E-state index contributed by atoms with van der Waals surface area (Å²) in [5.74, 6) is 0.863. The van der Waals surface area contributed by atoms with Gasteiger partial charge < -0.3 is 9.47 Å². The fourth-order valence-corrected chi connectivity index (χ4v) is 3.41. The SMILES string of the molecule is C=C(C(=O)OC1C2CC(C)C(C2)C1OC=O)C(C)C. The van der Waals surface area contributed by atoms with Gasteiger partial charge in [-0.05, 0) is 24.7 Å². The monoisotopic (exact) mass is 266 g/mol. The van der Waals surface area contributed by atoms with Gasteiger partial charge in [-0.25, -0.2) is 4.79 Å². The minimum Gasteiger partial charge on any atom is -0.460 e. The highest BCUT2D eigenvalue weighted by atomic mass is 16.6. The molecule has 0 amide bonds. The van der Waals surface area contributed by atoms with Crippen molar-refractivity contribution < 1.29 is 19.1 Å². The van der Waals surface area contributed by atoms with Gasteiger partial charge >= 0.3 is 5.97 Å². The molecule has 5 unspecified atom stereocenters.